The van der Waals surface area contributed by atoms with Crippen molar-refractivity contribution in [2.24, 2.45) is 0 Å². The van der Waals surface area contributed by atoms with Gasteiger partial charge in [0.25, 0.3) is 0 Å². The molecule has 0 bridgehead atoms. The normalized spacial score (nSPS) is 14.9. The second-order valence-electron chi connectivity index (χ2n) is 2.57. The van der Waals surface area contributed by atoms with Crippen molar-refractivity contribution < 1.29 is 4.74 Å². The Morgan fingerprint density at radius 3 is 2.55 bits per heavy atom. The molecule has 1 aromatic rings. The van der Waals surface area contributed by atoms with E-state index in [0.29, 0.717) is 0 Å². The van der Waals surface area contributed by atoms with E-state index in [4.69, 9.17) is 4.74 Å². The lowest BCUT2D eigenvalue weighted by molar-refractivity contribution is 0.111. The summed E-state index contributed by atoms with van der Waals surface area (Å²) in [4.78, 5) is 0. The highest BCUT2D eigenvalue weighted by molar-refractivity contribution is 5.27. The third-order valence-corrected chi connectivity index (χ3v) is 1.89. The topological polar surface area (TPSA) is 44.2 Å². The largest absolute Gasteiger partial charge is 0.376 e. The third kappa shape index (κ3) is 1.59. The standard InChI is InChI=1S/C9H10O.H3N/c1-2-4-9-7-10-6-5-8(9)3-1;/h1-4H,5-7H2;1H3. The molecular weight excluding hydrogens is 138 g/mol. The number of hydrogen-bond donors (Lipinski definition) is 1. The first-order valence-corrected chi connectivity index (χ1v) is 3.61. The maximum atomic E-state index is 5.30. The summed E-state index contributed by atoms with van der Waals surface area (Å²) in [6.07, 6.45) is 1.08. The molecule has 1 aliphatic heterocycles. The molecule has 0 atom stereocenters. The number of benzene rings is 1. The maximum Gasteiger partial charge on any atom is 0.0719 e. The van der Waals surface area contributed by atoms with Gasteiger partial charge in [-0.25, -0.2) is 0 Å². The highest BCUT2D eigenvalue weighted by Crippen LogP contribution is 2.14. The van der Waals surface area contributed by atoms with E-state index in [9.17, 15) is 0 Å². The average Bonchev–Trinajstić information content (AvgIpc) is 2.05. The van der Waals surface area contributed by atoms with E-state index in [1.807, 2.05) is 0 Å². The van der Waals surface area contributed by atoms with Crippen LogP contribution in [0, 0.1) is 0 Å². The van der Waals surface area contributed by atoms with E-state index in [0.717, 1.165) is 19.6 Å². The molecule has 1 aromatic carbocycles. The van der Waals surface area contributed by atoms with Gasteiger partial charge < -0.3 is 10.9 Å². The molecule has 0 saturated heterocycles. The van der Waals surface area contributed by atoms with Crippen molar-refractivity contribution in [3.63, 3.8) is 0 Å². The second kappa shape index (κ2) is 3.51. The summed E-state index contributed by atoms with van der Waals surface area (Å²) in [6, 6.07) is 8.46. The summed E-state index contributed by atoms with van der Waals surface area (Å²) in [5, 5.41) is 0. The predicted octanol–water partition coefficient (Wildman–Crippen LogP) is 1.92. The number of ether oxygens (including phenoxy) is 1. The molecule has 0 unspecified atom stereocenters. The molecule has 0 radical (unpaired) electrons. The molecule has 0 spiro atoms. The molecule has 0 amide bonds. The lowest BCUT2D eigenvalue weighted by Crippen LogP contribution is -2.08. The van der Waals surface area contributed by atoms with E-state index >= 15 is 0 Å². The molecule has 0 saturated carbocycles. The molecule has 1 aliphatic rings. The molecule has 60 valence electrons. The Morgan fingerprint density at radius 1 is 1.09 bits per heavy atom. The smallest absolute Gasteiger partial charge is 0.0719 e. The molecule has 1 heterocycles. The lowest BCUT2D eigenvalue weighted by atomic mass is 10.0. The van der Waals surface area contributed by atoms with Crippen LogP contribution in [0.4, 0.5) is 0 Å². The molecule has 11 heavy (non-hydrogen) atoms. The van der Waals surface area contributed by atoms with Gasteiger partial charge in [-0.2, -0.15) is 0 Å². The monoisotopic (exact) mass is 151 g/mol. The maximum absolute atomic E-state index is 5.30. The van der Waals surface area contributed by atoms with Gasteiger partial charge in [0.15, 0.2) is 0 Å². The number of hydrogen-bond acceptors (Lipinski definition) is 2. The quantitative estimate of drug-likeness (QED) is 0.615. The van der Waals surface area contributed by atoms with Crippen molar-refractivity contribution in [3.05, 3.63) is 35.4 Å². The van der Waals surface area contributed by atoms with Gasteiger partial charge in [0.1, 0.15) is 0 Å². The van der Waals surface area contributed by atoms with Crippen LogP contribution in [0.3, 0.4) is 0 Å². The summed E-state index contributed by atoms with van der Waals surface area (Å²) in [5.41, 5.74) is 2.81. The van der Waals surface area contributed by atoms with Gasteiger partial charge in [0, 0.05) is 0 Å². The van der Waals surface area contributed by atoms with E-state index in [-0.39, 0.29) is 6.15 Å². The third-order valence-electron chi connectivity index (χ3n) is 1.89. The van der Waals surface area contributed by atoms with Gasteiger partial charge in [0.05, 0.1) is 13.2 Å². The van der Waals surface area contributed by atoms with E-state index in [1.165, 1.54) is 11.1 Å². The van der Waals surface area contributed by atoms with Gasteiger partial charge in [-0.1, -0.05) is 24.3 Å². The first-order valence-electron chi connectivity index (χ1n) is 3.61. The number of rotatable bonds is 0. The van der Waals surface area contributed by atoms with Crippen LogP contribution in [0.15, 0.2) is 24.3 Å². The Balaban J connectivity index is 0.000000605. The molecule has 0 aliphatic carbocycles. The predicted molar refractivity (Wildman–Crippen MR) is 44.8 cm³/mol. The zero-order valence-electron chi connectivity index (χ0n) is 6.55. The molecule has 3 N–H and O–H groups in total. The Labute approximate surface area is 66.8 Å². The van der Waals surface area contributed by atoms with Crippen molar-refractivity contribution in [3.8, 4) is 0 Å². The van der Waals surface area contributed by atoms with Crippen LogP contribution in [0.2, 0.25) is 0 Å². The first-order chi connectivity index (χ1) is 4.97. The Morgan fingerprint density at radius 2 is 1.82 bits per heavy atom. The first kappa shape index (κ1) is 8.24. The Hall–Kier alpha value is -0.860. The van der Waals surface area contributed by atoms with Crippen LogP contribution in [-0.2, 0) is 17.8 Å². The fourth-order valence-corrected chi connectivity index (χ4v) is 1.31. The van der Waals surface area contributed by atoms with Crippen LogP contribution in [0.5, 0.6) is 0 Å². The van der Waals surface area contributed by atoms with E-state index in [1.54, 1.807) is 0 Å². The van der Waals surface area contributed by atoms with Crippen LogP contribution in [0.1, 0.15) is 11.1 Å². The van der Waals surface area contributed by atoms with Crippen molar-refractivity contribution in [2.75, 3.05) is 6.61 Å². The van der Waals surface area contributed by atoms with Crippen LogP contribution in [0.25, 0.3) is 0 Å². The summed E-state index contributed by atoms with van der Waals surface area (Å²) >= 11 is 0. The Kier molecular flexibility index (Phi) is 2.63. The van der Waals surface area contributed by atoms with Gasteiger partial charge >= 0.3 is 0 Å². The molecule has 2 rings (SSSR count). The highest BCUT2D eigenvalue weighted by Gasteiger charge is 2.06. The van der Waals surface area contributed by atoms with Crippen molar-refractivity contribution >= 4 is 0 Å². The second-order valence-corrected chi connectivity index (χ2v) is 2.57. The van der Waals surface area contributed by atoms with Crippen molar-refractivity contribution in [1.29, 1.82) is 0 Å². The molecule has 2 nitrogen and oxygen atoms in total. The average molecular weight is 151 g/mol. The zero-order valence-corrected chi connectivity index (χ0v) is 6.55. The minimum atomic E-state index is 0. The van der Waals surface area contributed by atoms with Gasteiger partial charge in [-0.3, -0.25) is 0 Å². The van der Waals surface area contributed by atoms with Crippen molar-refractivity contribution in [1.82, 2.24) is 6.15 Å². The Bertz CT molecular complexity index is 210. The minimum Gasteiger partial charge on any atom is -0.376 e. The lowest BCUT2D eigenvalue weighted by Gasteiger charge is -2.14. The van der Waals surface area contributed by atoms with Gasteiger partial charge in [-0.05, 0) is 17.5 Å². The van der Waals surface area contributed by atoms with Gasteiger partial charge in [-0.15, -0.1) is 0 Å². The molecular formula is C9H13NO. The molecule has 2 heteroatoms. The van der Waals surface area contributed by atoms with Crippen molar-refractivity contribution in [2.45, 2.75) is 13.0 Å². The van der Waals surface area contributed by atoms with Crippen LogP contribution in [-0.4, -0.2) is 6.61 Å². The summed E-state index contributed by atoms with van der Waals surface area (Å²) in [7, 11) is 0. The SMILES string of the molecule is N.c1ccc2c(c1)CCOC2. The van der Waals surface area contributed by atoms with E-state index in [2.05, 4.69) is 24.3 Å². The van der Waals surface area contributed by atoms with Crippen LogP contribution < -0.4 is 6.15 Å². The van der Waals surface area contributed by atoms with Gasteiger partial charge in [0.2, 0.25) is 0 Å². The minimum absolute atomic E-state index is 0. The summed E-state index contributed by atoms with van der Waals surface area (Å²) in [6.45, 7) is 1.69. The fourth-order valence-electron chi connectivity index (χ4n) is 1.31. The fraction of sp³-hybridized carbons (Fsp3) is 0.333. The summed E-state index contributed by atoms with van der Waals surface area (Å²) in [5.74, 6) is 0. The van der Waals surface area contributed by atoms with Crippen LogP contribution >= 0.6 is 0 Å². The van der Waals surface area contributed by atoms with E-state index < -0.39 is 0 Å². The highest BCUT2D eigenvalue weighted by atomic mass is 16.5. The summed E-state index contributed by atoms with van der Waals surface area (Å²) < 4.78 is 5.30. The number of fused-ring (bicyclic) bond motifs is 1. The molecule has 0 aromatic heterocycles. The zero-order chi connectivity index (χ0) is 6.81. The molecule has 0 fully saturated rings.